The van der Waals surface area contributed by atoms with Crippen molar-refractivity contribution in [1.82, 2.24) is 0 Å². The van der Waals surface area contributed by atoms with Crippen LogP contribution in [-0.4, -0.2) is 0 Å². The van der Waals surface area contributed by atoms with Gasteiger partial charge in [-0.25, -0.2) is 5.53 Å². The summed E-state index contributed by atoms with van der Waals surface area (Å²) >= 11 is 0. The quantitative estimate of drug-likeness (QED) is 0.320. The van der Waals surface area contributed by atoms with Gasteiger partial charge in [0.1, 0.15) is 0 Å². The van der Waals surface area contributed by atoms with E-state index in [1.54, 1.807) is 0 Å². The van der Waals surface area contributed by atoms with Crippen molar-refractivity contribution in [3.63, 3.8) is 0 Å². The summed E-state index contributed by atoms with van der Waals surface area (Å²) in [6, 6.07) is 38.0. The van der Waals surface area contributed by atoms with Crippen LogP contribution in [0.15, 0.2) is 114 Å². The van der Waals surface area contributed by atoms with Crippen LogP contribution >= 0.6 is 0 Å². The molecule has 0 heterocycles. The third-order valence-electron chi connectivity index (χ3n) is 5.23. The van der Waals surface area contributed by atoms with Gasteiger partial charge in [0.25, 0.3) is 0 Å². The van der Waals surface area contributed by atoms with Crippen LogP contribution in [0.3, 0.4) is 0 Å². The van der Waals surface area contributed by atoms with Crippen molar-refractivity contribution >= 4 is 5.69 Å². The number of hydrogen-bond acceptors (Lipinski definition) is 3. The Labute approximate surface area is 178 Å². The molecule has 0 aromatic heterocycles. The van der Waals surface area contributed by atoms with E-state index in [4.69, 9.17) is 5.53 Å². The summed E-state index contributed by atoms with van der Waals surface area (Å²) in [5.74, 6) is 0. The molecule has 4 aromatic rings. The molecule has 1 N–H and O–H groups in total. The topological polar surface area (TPSA) is 39.5 Å². The fraction of sp³-hybridized carbons (Fsp3) is 0.111. The second kappa shape index (κ2) is 9.66. The van der Waals surface area contributed by atoms with Crippen molar-refractivity contribution in [3.8, 4) is 11.1 Å². The van der Waals surface area contributed by atoms with Gasteiger partial charge in [0, 0.05) is 24.3 Å². The first-order chi connectivity index (χ1) is 14.8. The van der Waals surface area contributed by atoms with Crippen molar-refractivity contribution in [2.45, 2.75) is 19.6 Å². The summed E-state index contributed by atoms with van der Waals surface area (Å²) in [6.45, 7) is 2.03. The van der Waals surface area contributed by atoms with Crippen LogP contribution in [0.2, 0.25) is 0 Å². The van der Waals surface area contributed by atoms with Crippen LogP contribution in [-0.2, 0) is 19.6 Å². The second-order valence-electron chi connectivity index (χ2n) is 7.32. The van der Waals surface area contributed by atoms with E-state index in [1.165, 1.54) is 22.4 Å². The van der Waals surface area contributed by atoms with Gasteiger partial charge in [-0.05, 0) is 28.3 Å². The van der Waals surface area contributed by atoms with Gasteiger partial charge in [-0.2, -0.15) is 5.11 Å². The Morgan fingerprint density at radius 1 is 0.567 bits per heavy atom. The number of nitrogens with one attached hydrogen (secondary N) is 1. The monoisotopic (exact) mass is 391 g/mol. The lowest BCUT2D eigenvalue weighted by Crippen LogP contribution is -2.22. The van der Waals surface area contributed by atoms with Gasteiger partial charge in [-0.3, -0.25) is 0 Å². The molecule has 0 aliphatic rings. The average molecular weight is 392 g/mol. The number of benzene rings is 4. The second-order valence-corrected chi connectivity index (χ2v) is 7.32. The van der Waals surface area contributed by atoms with E-state index in [1.807, 2.05) is 6.07 Å². The van der Waals surface area contributed by atoms with Crippen LogP contribution in [0, 0.1) is 5.53 Å². The van der Waals surface area contributed by atoms with Gasteiger partial charge in [-0.15, -0.1) is 0 Å². The van der Waals surface area contributed by atoms with Gasteiger partial charge >= 0.3 is 0 Å². The lowest BCUT2D eigenvalue weighted by molar-refractivity contribution is 0.801. The Hall–Kier alpha value is -3.72. The van der Waals surface area contributed by atoms with Crippen molar-refractivity contribution in [1.29, 1.82) is 5.53 Å². The Morgan fingerprint density at radius 2 is 1.07 bits per heavy atom. The molecule has 0 spiro atoms. The summed E-state index contributed by atoms with van der Waals surface area (Å²) in [4.78, 5) is 2.43. The molecule has 4 aromatic carbocycles. The molecule has 0 radical (unpaired) electrons. The molecule has 3 heteroatoms. The third-order valence-corrected chi connectivity index (χ3v) is 5.23. The summed E-state index contributed by atoms with van der Waals surface area (Å²) in [6.07, 6.45) is 0. The summed E-state index contributed by atoms with van der Waals surface area (Å²) in [7, 11) is 0. The maximum atomic E-state index is 7.35. The first-order valence-electron chi connectivity index (χ1n) is 10.2. The number of anilines is 1. The highest BCUT2D eigenvalue weighted by Gasteiger charge is 2.15. The van der Waals surface area contributed by atoms with E-state index in [9.17, 15) is 0 Å². The Morgan fingerprint density at radius 3 is 1.67 bits per heavy atom. The summed E-state index contributed by atoms with van der Waals surface area (Å²) < 4.78 is 0. The fourth-order valence-corrected chi connectivity index (χ4v) is 3.82. The highest BCUT2D eigenvalue weighted by molar-refractivity contribution is 5.80. The third kappa shape index (κ3) is 4.64. The van der Waals surface area contributed by atoms with Crippen molar-refractivity contribution < 1.29 is 0 Å². The standard InChI is InChI=1S/C27H25N3/c28-29-19-24-15-7-8-16-25(24)26-17-9-10-18-27(26)30(20-22-11-3-1-4-12-22)21-23-13-5-2-6-14-23/h1-18,28H,19-21H2. The van der Waals surface area contributed by atoms with Gasteiger partial charge in [-0.1, -0.05) is 103 Å². The Balaban J connectivity index is 1.78. The molecule has 0 atom stereocenters. The minimum absolute atomic E-state index is 0.391. The predicted octanol–water partition coefficient (Wildman–Crippen LogP) is 7.09. The molecule has 0 aliphatic carbocycles. The molecule has 148 valence electrons. The van der Waals surface area contributed by atoms with E-state index < -0.39 is 0 Å². The summed E-state index contributed by atoms with van der Waals surface area (Å²) in [5.41, 5.74) is 14.5. The van der Waals surface area contributed by atoms with Crippen molar-refractivity contribution in [2.24, 2.45) is 5.11 Å². The number of hydrogen-bond donors (Lipinski definition) is 1. The van der Waals surface area contributed by atoms with Crippen LogP contribution in [0.5, 0.6) is 0 Å². The molecule has 4 rings (SSSR count). The SMILES string of the molecule is N=NCc1ccccc1-c1ccccc1N(Cc1ccccc1)Cc1ccccc1. The largest absolute Gasteiger partial charge is 0.362 e. The van der Waals surface area contributed by atoms with E-state index in [-0.39, 0.29) is 0 Å². The molecular weight excluding hydrogens is 366 g/mol. The number of nitrogens with zero attached hydrogens (tertiary/aromatic N) is 2. The average Bonchev–Trinajstić information content (AvgIpc) is 2.81. The number of rotatable bonds is 8. The maximum absolute atomic E-state index is 7.35. The molecule has 0 fully saturated rings. The van der Waals surface area contributed by atoms with Gasteiger partial charge in [0.05, 0.1) is 6.54 Å². The van der Waals surface area contributed by atoms with E-state index in [0.29, 0.717) is 6.54 Å². The minimum atomic E-state index is 0.391. The highest BCUT2D eigenvalue weighted by atomic mass is 15.1. The van der Waals surface area contributed by atoms with Crippen molar-refractivity contribution in [2.75, 3.05) is 4.90 Å². The molecule has 0 amide bonds. The molecular formula is C27H25N3. The van der Waals surface area contributed by atoms with Crippen LogP contribution in [0.25, 0.3) is 11.1 Å². The zero-order valence-electron chi connectivity index (χ0n) is 16.9. The van der Waals surface area contributed by atoms with E-state index >= 15 is 0 Å². The molecule has 0 saturated heterocycles. The molecule has 0 bridgehead atoms. The highest BCUT2D eigenvalue weighted by Crippen LogP contribution is 2.35. The van der Waals surface area contributed by atoms with Crippen molar-refractivity contribution in [3.05, 3.63) is 126 Å². The molecule has 0 saturated carbocycles. The number of para-hydroxylation sites is 1. The zero-order valence-corrected chi connectivity index (χ0v) is 16.9. The van der Waals surface area contributed by atoms with Crippen LogP contribution in [0.4, 0.5) is 5.69 Å². The van der Waals surface area contributed by atoms with E-state index in [2.05, 4.69) is 113 Å². The Bertz CT molecular complexity index is 1050. The molecule has 30 heavy (non-hydrogen) atoms. The maximum Gasteiger partial charge on any atom is 0.0852 e. The smallest absolute Gasteiger partial charge is 0.0852 e. The predicted molar refractivity (Wildman–Crippen MR) is 124 cm³/mol. The fourth-order valence-electron chi connectivity index (χ4n) is 3.82. The molecule has 0 unspecified atom stereocenters. The summed E-state index contributed by atoms with van der Waals surface area (Å²) in [5, 5.41) is 3.64. The zero-order chi connectivity index (χ0) is 20.6. The first kappa shape index (κ1) is 19.6. The molecule has 3 nitrogen and oxygen atoms in total. The lowest BCUT2D eigenvalue weighted by Gasteiger charge is -2.28. The van der Waals surface area contributed by atoms with Crippen LogP contribution in [0.1, 0.15) is 16.7 Å². The lowest BCUT2D eigenvalue weighted by atomic mass is 9.97. The van der Waals surface area contributed by atoms with Gasteiger partial charge < -0.3 is 4.90 Å². The normalized spacial score (nSPS) is 10.5. The van der Waals surface area contributed by atoms with E-state index in [0.717, 1.165) is 24.2 Å². The first-order valence-corrected chi connectivity index (χ1v) is 10.2. The van der Waals surface area contributed by atoms with Crippen LogP contribution < -0.4 is 4.90 Å². The van der Waals surface area contributed by atoms with Gasteiger partial charge in [0.2, 0.25) is 0 Å². The Kier molecular flexibility index (Phi) is 6.31. The molecule has 0 aliphatic heterocycles. The minimum Gasteiger partial charge on any atom is -0.362 e. The van der Waals surface area contributed by atoms with Gasteiger partial charge in [0.15, 0.2) is 0 Å².